The summed E-state index contributed by atoms with van der Waals surface area (Å²) in [6, 6.07) is 16.6. The average molecular weight is 566 g/mol. The molecule has 2 atom stereocenters. The van der Waals surface area contributed by atoms with Crippen molar-refractivity contribution in [3.63, 3.8) is 0 Å². The van der Waals surface area contributed by atoms with Crippen LogP contribution in [0.2, 0.25) is 0 Å². The Balaban J connectivity index is 1.53. The van der Waals surface area contributed by atoms with E-state index in [2.05, 4.69) is 5.10 Å². The molecule has 3 aromatic carbocycles. The lowest BCUT2D eigenvalue weighted by molar-refractivity contribution is -0.138. The molecule has 1 N–H and O–H groups in total. The second kappa shape index (κ2) is 11.0. The van der Waals surface area contributed by atoms with Gasteiger partial charge in [-0.3, -0.25) is 14.4 Å². The van der Waals surface area contributed by atoms with Gasteiger partial charge in [0.1, 0.15) is 17.6 Å². The highest BCUT2D eigenvalue weighted by Gasteiger charge is 2.40. The lowest BCUT2D eigenvalue weighted by atomic mass is 10.0. The number of rotatable bonds is 8. The van der Waals surface area contributed by atoms with Crippen LogP contribution in [0.15, 0.2) is 79.1 Å². The first-order valence-electron chi connectivity index (χ1n) is 12.7. The molecule has 1 fully saturated rings. The summed E-state index contributed by atoms with van der Waals surface area (Å²) in [4.78, 5) is 25.6. The largest absolute Gasteiger partial charge is 0.481 e. The highest BCUT2D eigenvalue weighted by Crippen LogP contribution is 2.40. The van der Waals surface area contributed by atoms with Gasteiger partial charge in [-0.05, 0) is 42.3 Å². The summed E-state index contributed by atoms with van der Waals surface area (Å²) >= 11 is 0. The zero-order valence-electron chi connectivity index (χ0n) is 22.1. The van der Waals surface area contributed by atoms with Gasteiger partial charge in [-0.25, -0.2) is 4.79 Å². The van der Waals surface area contributed by atoms with Crippen molar-refractivity contribution < 1.29 is 37.3 Å². The van der Waals surface area contributed by atoms with Gasteiger partial charge in [0.05, 0.1) is 30.8 Å². The van der Waals surface area contributed by atoms with E-state index in [-0.39, 0.29) is 30.0 Å². The summed E-state index contributed by atoms with van der Waals surface area (Å²) in [5.41, 5.74) is 1.66. The lowest BCUT2D eigenvalue weighted by Gasteiger charge is -2.23. The van der Waals surface area contributed by atoms with E-state index in [0.717, 1.165) is 17.7 Å². The molecule has 1 aliphatic heterocycles. The van der Waals surface area contributed by atoms with Crippen molar-refractivity contribution in [2.45, 2.75) is 38.2 Å². The third kappa shape index (κ3) is 6.03. The minimum absolute atomic E-state index is 0.0822. The van der Waals surface area contributed by atoms with E-state index in [0.29, 0.717) is 16.7 Å². The number of nitrogens with zero attached hydrogens (tertiary/aromatic N) is 3. The molecule has 0 radical (unpaired) electrons. The Morgan fingerprint density at radius 2 is 1.83 bits per heavy atom. The normalized spacial score (nSPS) is 17.0. The molecule has 8 nitrogen and oxygen atoms in total. The quantitative estimate of drug-likeness (QED) is 0.259. The first kappa shape index (κ1) is 27.8. The maximum atomic E-state index is 13.7. The highest BCUT2D eigenvalue weighted by atomic mass is 19.4. The number of hydrogen-bond acceptors (Lipinski definition) is 5. The molecule has 2 heterocycles. The molecule has 4 aromatic rings. The van der Waals surface area contributed by atoms with E-state index in [1.165, 1.54) is 17.0 Å². The molecular weight excluding hydrogens is 539 g/mol. The molecule has 2 unspecified atom stereocenters. The predicted octanol–water partition coefficient (Wildman–Crippen LogP) is 6.61. The minimum atomic E-state index is -4.63. The second-order valence-corrected chi connectivity index (χ2v) is 9.81. The fraction of sp³-hybridized carbons (Fsp3) is 0.233. The van der Waals surface area contributed by atoms with Crippen molar-refractivity contribution in [3.8, 4) is 22.6 Å². The number of amides is 1. The van der Waals surface area contributed by atoms with Crippen molar-refractivity contribution in [2.24, 2.45) is 7.05 Å². The number of cyclic esters (lactones) is 1. The number of carbonyl (C=O) groups is 2. The molecule has 1 saturated heterocycles. The Morgan fingerprint density at radius 3 is 2.49 bits per heavy atom. The van der Waals surface area contributed by atoms with Crippen LogP contribution >= 0.6 is 0 Å². The van der Waals surface area contributed by atoms with Gasteiger partial charge in [0, 0.05) is 29.9 Å². The molecule has 1 aliphatic rings. The maximum Gasteiger partial charge on any atom is 0.416 e. The van der Waals surface area contributed by atoms with Crippen LogP contribution in [-0.2, 0) is 35.7 Å². The molecule has 0 spiro atoms. The number of halogens is 3. The fourth-order valence-corrected chi connectivity index (χ4v) is 4.82. The van der Waals surface area contributed by atoms with Crippen molar-refractivity contribution in [1.82, 2.24) is 14.7 Å². The van der Waals surface area contributed by atoms with E-state index in [1.54, 1.807) is 43.2 Å². The number of alkyl halides is 3. The van der Waals surface area contributed by atoms with E-state index in [9.17, 15) is 27.9 Å². The molecule has 41 heavy (non-hydrogen) atoms. The highest BCUT2D eigenvalue weighted by molar-refractivity contribution is 5.74. The third-order valence-corrected chi connectivity index (χ3v) is 6.89. The lowest BCUT2D eigenvalue weighted by Crippen LogP contribution is -2.31. The number of carboxylic acids is 1. The van der Waals surface area contributed by atoms with Gasteiger partial charge in [-0.2, -0.15) is 18.3 Å². The SMILES string of the molecule is CC1C(c2ccccc2)OC(=O)N1Cc1cc(C(F)(F)F)ccc1Oc1cc(CC(=O)O)ccc1-c1cnn(C)c1. The maximum absolute atomic E-state index is 13.7. The molecule has 1 aromatic heterocycles. The smallest absolute Gasteiger partial charge is 0.416 e. The van der Waals surface area contributed by atoms with Gasteiger partial charge in [0.25, 0.3) is 0 Å². The van der Waals surface area contributed by atoms with Gasteiger partial charge in [0.2, 0.25) is 0 Å². The third-order valence-electron chi connectivity index (χ3n) is 6.89. The number of aliphatic carboxylic acids is 1. The molecule has 0 bridgehead atoms. The summed E-state index contributed by atoms with van der Waals surface area (Å²) in [7, 11) is 1.73. The molecule has 11 heteroatoms. The topological polar surface area (TPSA) is 93.9 Å². The number of carbonyl (C=O) groups excluding carboxylic acids is 1. The van der Waals surface area contributed by atoms with Crippen molar-refractivity contribution in [2.75, 3.05) is 0 Å². The van der Waals surface area contributed by atoms with E-state index in [1.807, 2.05) is 30.3 Å². The first-order chi connectivity index (χ1) is 19.5. The van der Waals surface area contributed by atoms with Crippen LogP contribution in [0.5, 0.6) is 11.5 Å². The zero-order valence-corrected chi connectivity index (χ0v) is 22.1. The van der Waals surface area contributed by atoms with E-state index < -0.39 is 35.9 Å². The van der Waals surface area contributed by atoms with Crippen LogP contribution < -0.4 is 4.74 Å². The monoisotopic (exact) mass is 565 g/mol. The summed E-state index contributed by atoms with van der Waals surface area (Å²) in [6.45, 7) is 1.56. The van der Waals surface area contributed by atoms with Crippen LogP contribution in [0, 0.1) is 0 Å². The van der Waals surface area contributed by atoms with Crippen LogP contribution in [0.3, 0.4) is 0 Å². The van der Waals surface area contributed by atoms with Crippen molar-refractivity contribution in [3.05, 3.63) is 101 Å². The Kier molecular flexibility index (Phi) is 7.44. The molecular formula is C30H26F3N3O5. The molecule has 0 aliphatic carbocycles. The number of hydrogen-bond donors (Lipinski definition) is 1. The standard InChI is InChI=1S/C30H26F3N3O5/c1-18-28(20-6-4-3-5-7-20)41-29(39)36(18)17-21-14-23(30(31,32)33)9-11-25(21)40-26-12-19(13-27(37)38)8-10-24(26)22-15-34-35(2)16-22/h3-12,14-16,18,28H,13,17H2,1-2H3,(H,37,38). The van der Waals surface area contributed by atoms with Crippen molar-refractivity contribution in [1.29, 1.82) is 0 Å². The number of benzene rings is 3. The summed E-state index contributed by atoms with van der Waals surface area (Å²) in [5.74, 6) is -0.731. The molecule has 212 valence electrons. The van der Waals surface area contributed by atoms with Gasteiger partial charge in [-0.15, -0.1) is 0 Å². The van der Waals surface area contributed by atoms with Crippen LogP contribution in [0.1, 0.15) is 35.3 Å². The Hall–Kier alpha value is -4.80. The predicted molar refractivity (Wildman–Crippen MR) is 142 cm³/mol. The van der Waals surface area contributed by atoms with Crippen LogP contribution in [-0.4, -0.2) is 37.9 Å². The van der Waals surface area contributed by atoms with E-state index >= 15 is 0 Å². The number of carboxylic acid groups (broad SMARTS) is 1. The summed E-state index contributed by atoms with van der Waals surface area (Å²) < 4.78 is 54.6. The Morgan fingerprint density at radius 1 is 1.07 bits per heavy atom. The van der Waals surface area contributed by atoms with Gasteiger partial charge >= 0.3 is 18.2 Å². The van der Waals surface area contributed by atoms with Crippen molar-refractivity contribution >= 4 is 12.1 Å². The Bertz CT molecular complexity index is 1590. The average Bonchev–Trinajstić information content (AvgIpc) is 3.47. The second-order valence-electron chi connectivity index (χ2n) is 9.81. The summed E-state index contributed by atoms with van der Waals surface area (Å²) in [6.07, 6.45) is -2.82. The number of aryl methyl sites for hydroxylation is 1. The minimum Gasteiger partial charge on any atom is -0.481 e. The fourth-order valence-electron chi connectivity index (χ4n) is 4.82. The first-order valence-corrected chi connectivity index (χ1v) is 12.7. The van der Waals surface area contributed by atoms with Gasteiger partial charge in [0.15, 0.2) is 0 Å². The Labute approximate surface area is 233 Å². The zero-order chi connectivity index (χ0) is 29.3. The molecule has 1 amide bonds. The molecule has 5 rings (SSSR count). The number of aromatic nitrogens is 2. The van der Waals surface area contributed by atoms with Gasteiger partial charge < -0.3 is 14.6 Å². The van der Waals surface area contributed by atoms with E-state index in [4.69, 9.17) is 9.47 Å². The molecule has 0 saturated carbocycles. The van der Waals surface area contributed by atoms with Crippen LogP contribution in [0.25, 0.3) is 11.1 Å². The number of ether oxygens (including phenoxy) is 2. The van der Waals surface area contributed by atoms with Crippen LogP contribution in [0.4, 0.5) is 18.0 Å². The summed E-state index contributed by atoms with van der Waals surface area (Å²) in [5, 5.41) is 13.5. The van der Waals surface area contributed by atoms with Gasteiger partial charge in [-0.1, -0.05) is 42.5 Å².